The van der Waals surface area contributed by atoms with Crippen molar-refractivity contribution in [2.45, 2.75) is 0 Å². The number of rotatable bonds is 4. The molecule has 19 heavy (non-hydrogen) atoms. The van der Waals surface area contributed by atoms with Gasteiger partial charge in [-0.15, -0.1) is 0 Å². The van der Waals surface area contributed by atoms with E-state index in [4.69, 9.17) is 5.26 Å². The van der Waals surface area contributed by atoms with Gasteiger partial charge in [0.1, 0.15) is 6.07 Å². The molecule has 1 amide bonds. The van der Waals surface area contributed by atoms with Gasteiger partial charge in [-0.25, -0.2) is 0 Å². The van der Waals surface area contributed by atoms with Crippen LogP contribution >= 0.6 is 0 Å². The number of nitrogens with zero attached hydrogens (tertiary/aromatic N) is 1. The lowest BCUT2D eigenvalue weighted by molar-refractivity contribution is -0.114. The van der Waals surface area contributed by atoms with Gasteiger partial charge in [0.25, 0.3) is 0 Å². The van der Waals surface area contributed by atoms with E-state index in [2.05, 4.69) is 10.6 Å². The van der Waals surface area contributed by atoms with E-state index in [1.807, 2.05) is 36.4 Å². The number of amides is 1. The predicted octanol–water partition coefficient (Wildman–Crippen LogP) is 2.61. The Balaban J connectivity index is 1.93. The highest BCUT2D eigenvalue weighted by molar-refractivity contribution is 5.94. The molecule has 2 N–H and O–H groups in total. The largest absolute Gasteiger partial charge is 0.376 e. The molecule has 2 rings (SSSR count). The lowest BCUT2D eigenvalue weighted by Crippen LogP contribution is -2.22. The molecule has 0 atom stereocenters. The van der Waals surface area contributed by atoms with Crippen LogP contribution < -0.4 is 10.6 Å². The van der Waals surface area contributed by atoms with E-state index < -0.39 is 0 Å². The Labute approximate surface area is 111 Å². The molecular weight excluding hydrogens is 238 g/mol. The van der Waals surface area contributed by atoms with Crippen LogP contribution in [0.15, 0.2) is 54.6 Å². The lowest BCUT2D eigenvalue weighted by atomic mass is 10.2. The van der Waals surface area contributed by atoms with E-state index in [0.717, 1.165) is 5.69 Å². The summed E-state index contributed by atoms with van der Waals surface area (Å²) in [5, 5.41) is 14.6. The summed E-state index contributed by atoms with van der Waals surface area (Å²) in [6, 6.07) is 18.4. The minimum absolute atomic E-state index is 0.157. The molecule has 0 saturated carbocycles. The monoisotopic (exact) mass is 251 g/mol. The van der Waals surface area contributed by atoms with Crippen molar-refractivity contribution in [1.82, 2.24) is 0 Å². The second-order valence-corrected chi connectivity index (χ2v) is 3.93. The van der Waals surface area contributed by atoms with Gasteiger partial charge in [-0.3, -0.25) is 4.79 Å². The maximum Gasteiger partial charge on any atom is 0.243 e. The normalized spacial score (nSPS) is 9.42. The second-order valence-electron chi connectivity index (χ2n) is 3.93. The number of nitrogens with one attached hydrogen (secondary N) is 2. The first kappa shape index (κ1) is 12.7. The summed E-state index contributed by atoms with van der Waals surface area (Å²) in [6.45, 7) is 0.157. The fraction of sp³-hybridized carbons (Fsp3) is 0.0667. The van der Waals surface area contributed by atoms with Crippen LogP contribution in [0.4, 0.5) is 11.4 Å². The maximum atomic E-state index is 11.8. The first-order valence-electron chi connectivity index (χ1n) is 5.87. The minimum Gasteiger partial charge on any atom is -0.376 e. The molecule has 0 spiro atoms. The molecular formula is C15H13N3O. The van der Waals surface area contributed by atoms with Gasteiger partial charge < -0.3 is 10.6 Å². The van der Waals surface area contributed by atoms with Crippen molar-refractivity contribution in [3.8, 4) is 6.07 Å². The van der Waals surface area contributed by atoms with Crippen molar-refractivity contribution in [1.29, 1.82) is 5.26 Å². The van der Waals surface area contributed by atoms with Crippen LogP contribution in [-0.4, -0.2) is 12.5 Å². The third-order valence-corrected chi connectivity index (χ3v) is 2.55. The average molecular weight is 251 g/mol. The molecule has 2 aromatic carbocycles. The summed E-state index contributed by atoms with van der Waals surface area (Å²) in [7, 11) is 0. The Kier molecular flexibility index (Phi) is 4.14. The Morgan fingerprint density at radius 2 is 1.74 bits per heavy atom. The number of hydrogen-bond donors (Lipinski definition) is 2. The van der Waals surface area contributed by atoms with Crippen molar-refractivity contribution in [2.75, 3.05) is 17.2 Å². The summed E-state index contributed by atoms with van der Waals surface area (Å²) < 4.78 is 0. The number of hydrogen-bond acceptors (Lipinski definition) is 3. The highest BCUT2D eigenvalue weighted by Crippen LogP contribution is 2.13. The Bertz CT molecular complexity index is 602. The molecule has 0 aliphatic heterocycles. The molecule has 0 heterocycles. The number of para-hydroxylation sites is 2. The average Bonchev–Trinajstić information content (AvgIpc) is 2.47. The van der Waals surface area contributed by atoms with Gasteiger partial charge in [0.05, 0.1) is 17.8 Å². The maximum absolute atomic E-state index is 11.8. The summed E-state index contributed by atoms with van der Waals surface area (Å²) in [5.74, 6) is -0.188. The first-order valence-corrected chi connectivity index (χ1v) is 5.87. The zero-order valence-electron chi connectivity index (χ0n) is 10.3. The third-order valence-electron chi connectivity index (χ3n) is 2.55. The number of nitriles is 1. The fourth-order valence-corrected chi connectivity index (χ4v) is 1.62. The number of anilines is 2. The molecule has 0 aliphatic rings. The van der Waals surface area contributed by atoms with E-state index in [9.17, 15) is 4.79 Å². The van der Waals surface area contributed by atoms with Crippen molar-refractivity contribution in [3.63, 3.8) is 0 Å². The van der Waals surface area contributed by atoms with Crippen LogP contribution in [0.2, 0.25) is 0 Å². The van der Waals surface area contributed by atoms with Gasteiger partial charge in [0.15, 0.2) is 0 Å². The van der Waals surface area contributed by atoms with Gasteiger partial charge >= 0.3 is 0 Å². The Morgan fingerprint density at radius 1 is 1.05 bits per heavy atom. The van der Waals surface area contributed by atoms with Crippen LogP contribution in [0.3, 0.4) is 0 Å². The third kappa shape index (κ3) is 3.58. The first-order chi connectivity index (χ1) is 9.29. The second kappa shape index (κ2) is 6.22. The van der Waals surface area contributed by atoms with E-state index in [1.54, 1.807) is 24.3 Å². The number of benzene rings is 2. The summed E-state index contributed by atoms with van der Waals surface area (Å²) in [6.07, 6.45) is 0. The molecule has 0 fully saturated rings. The predicted molar refractivity (Wildman–Crippen MR) is 74.7 cm³/mol. The smallest absolute Gasteiger partial charge is 0.243 e. The topological polar surface area (TPSA) is 64.9 Å². The molecule has 4 heteroatoms. The quantitative estimate of drug-likeness (QED) is 0.877. The number of carbonyl (C=O) groups excluding carboxylic acids is 1. The Morgan fingerprint density at radius 3 is 2.47 bits per heavy atom. The summed E-state index contributed by atoms with van der Waals surface area (Å²) in [4.78, 5) is 11.8. The minimum atomic E-state index is -0.188. The summed E-state index contributed by atoms with van der Waals surface area (Å²) >= 11 is 0. The van der Waals surface area contributed by atoms with E-state index in [-0.39, 0.29) is 12.5 Å². The van der Waals surface area contributed by atoms with Crippen molar-refractivity contribution < 1.29 is 4.79 Å². The van der Waals surface area contributed by atoms with Gasteiger partial charge in [-0.1, -0.05) is 30.3 Å². The van der Waals surface area contributed by atoms with Crippen LogP contribution in [0.1, 0.15) is 5.56 Å². The molecule has 94 valence electrons. The van der Waals surface area contributed by atoms with Crippen LogP contribution in [0.5, 0.6) is 0 Å². The zero-order chi connectivity index (χ0) is 13.5. The fourth-order valence-electron chi connectivity index (χ4n) is 1.62. The molecule has 0 radical (unpaired) electrons. The molecule has 0 unspecified atom stereocenters. The van der Waals surface area contributed by atoms with Crippen molar-refractivity contribution in [2.24, 2.45) is 0 Å². The SMILES string of the molecule is N#Cc1ccccc1NC(=O)CNc1ccccc1. The standard InChI is InChI=1S/C15H13N3O/c16-10-12-6-4-5-9-14(12)18-15(19)11-17-13-7-2-1-3-8-13/h1-9,17H,11H2,(H,18,19). The van der Waals surface area contributed by atoms with Gasteiger partial charge in [0, 0.05) is 5.69 Å². The van der Waals surface area contributed by atoms with E-state index in [0.29, 0.717) is 11.3 Å². The van der Waals surface area contributed by atoms with Crippen LogP contribution in [0, 0.1) is 11.3 Å². The highest BCUT2D eigenvalue weighted by atomic mass is 16.1. The summed E-state index contributed by atoms with van der Waals surface area (Å²) in [5.41, 5.74) is 1.87. The van der Waals surface area contributed by atoms with Gasteiger partial charge in [-0.05, 0) is 24.3 Å². The van der Waals surface area contributed by atoms with Crippen LogP contribution in [-0.2, 0) is 4.79 Å². The zero-order valence-corrected chi connectivity index (χ0v) is 10.3. The molecule has 2 aromatic rings. The van der Waals surface area contributed by atoms with Crippen molar-refractivity contribution in [3.05, 3.63) is 60.2 Å². The van der Waals surface area contributed by atoms with E-state index in [1.165, 1.54) is 0 Å². The Hall–Kier alpha value is -2.80. The van der Waals surface area contributed by atoms with Gasteiger partial charge in [0.2, 0.25) is 5.91 Å². The molecule has 0 aromatic heterocycles. The lowest BCUT2D eigenvalue weighted by Gasteiger charge is -2.08. The van der Waals surface area contributed by atoms with E-state index >= 15 is 0 Å². The number of carbonyl (C=O) groups is 1. The molecule has 0 saturated heterocycles. The molecule has 0 aliphatic carbocycles. The molecule has 4 nitrogen and oxygen atoms in total. The van der Waals surface area contributed by atoms with Crippen LogP contribution in [0.25, 0.3) is 0 Å². The highest BCUT2D eigenvalue weighted by Gasteiger charge is 2.05. The van der Waals surface area contributed by atoms with Crippen molar-refractivity contribution >= 4 is 17.3 Å². The molecule has 0 bridgehead atoms. The van der Waals surface area contributed by atoms with Gasteiger partial charge in [-0.2, -0.15) is 5.26 Å².